The number of aliphatic hydroxyl groups excluding tert-OH is 2. The lowest BCUT2D eigenvalue weighted by Crippen LogP contribution is -2.62. The number of carbonyl (C=O) groups excluding carboxylic acids is 3. The molecule has 0 aromatic carbocycles. The van der Waals surface area contributed by atoms with E-state index in [0.29, 0.717) is 6.42 Å². The highest BCUT2D eigenvalue weighted by Gasteiger charge is 2.61. The molecule has 0 bridgehead atoms. The molecule has 1 spiro atoms. The van der Waals surface area contributed by atoms with Gasteiger partial charge in [-0.2, -0.15) is 0 Å². The van der Waals surface area contributed by atoms with E-state index in [1.165, 1.54) is 26.4 Å². The minimum absolute atomic E-state index is 0.0586. The van der Waals surface area contributed by atoms with Crippen molar-refractivity contribution in [2.45, 2.75) is 134 Å². The first kappa shape index (κ1) is 41.1. The smallest absolute Gasteiger partial charge is 0.459 e. The van der Waals surface area contributed by atoms with Crippen molar-refractivity contribution in [3.05, 3.63) is 36.5 Å². The molecular formula is C37H56O14. The molecule has 4 aliphatic heterocycles. The zero-order valence-corrected chi connectivity index (χ0v) is 31.0. The molecular weight excluding hydrogens is 668 g/mol. The molecule has 6 unspecified atom stereocenters. The molecule has 51 heavy (non-hydrogen) atoms. The highest BCUT2D eigenvalue weighted by Crippen LogP contribution is 2.42. The van der Waals surface area contributed by atoms with Crippen molar-refractivity contribution in [1.82, 2.24) is 0 Å². The van der Waals surface area contributed by atoms with E-state index in [1.807, 2.05) is 20.8 Å². The quantitative estimate of drug-likeness (QED) is 0.366. The molecule has 4 aliphatic rings. The zero-order valence-electron chi connectivity index (χ0n) is 31.0. The fourth-order valence-electron chi connectivity index (χ4n) is 7.38. The Morgan fingerprint density at radius 1 is 0.824 bits per heavy atom. The van der Waals surface area contributed by atoms with Gasteiger partial charge in [-0.3, -0.25) is 4.79 Å². The molecule has 3 saturated heterocycles. The van der Waals surface area contributed by atoms with E-state index < -0.39 is 97.1 Å². The van der Waals surface area contributed by atoms with Crippen LogP contribution in [-0.2, 0) is 52.2 Å². The first-order valence-corrected chi connectivity index (χ1v) is 17.8. The van der Waals surface area contributed by atoms with Gasteiger partial charge < -0.3 is 52.8 Å². The average Bonchev–Trinajstić information content (AvgIpc) is 3.36. The van der Waals surface area contributed by atoms with E-state index >= 15 is 0 Å². The summed E-state index contributed by atoms with van der Waals surface area (Å²) in [5.41, 5.74) is -1.35. The van der Waals surface area contributed by atoms with Gasteiger partial charge in [0.15, 0.2) is 24.0 Å². The van der Waals surface area contributed by atoms with Crippen LogP contribution in [0.2, 0.25) is 0 Å². The molecule has 14 heteroatoms. The third-order valence-electron chi connectivity index (χ3n) is 10.5. The van der Waals surface area contributed by atoms with Gasteiger partial charge in [0.05, 0.1) is 24.9 Å². The van der Waals surface area contributed by atoms with Gasteiger partial charge in [-0.05, 0) is 46.1 Å². The predicted octanol–water partition coefficient (Wildman–Crippen LogP) is 3.41. The normalized spacial score (nSPS) is 46.2. The first-order valence-electron chi connectivity index (χ1n) is 17.8. The number of esters is 1. The molecule has 16 atom stereocenters. The number of methoxy groups -OCH3 is 2. The van der Waals surface area contributed by atoms with Gasteiger partial charge in [-0.15, -0.1) is 0 Å². The highest BCUT2D eigenvalue weighted by atomic mass is 16.8. The number of ketones is 1. The van der Waals surface area contributed by atoms with Crippen molar-refractivity contribution in [2.24, 2.45) is 23.7 Å². The Bertz CT molecular complexity index is 1280. The lowest BCUT2D eigenvalue weighted by Gasteiger charge is -2.46. The number of ether oxygens (including phenoxy) is 9. The maximum atomic E-state index is 13.2. The fraction of sp³-hybridized carbons (Fsp3) is 0.757. The van der Waals surface area contributed by atoms with Crippen LogP contribution in [0.4, 0.5) is 4.79 Å². The van der Waals surface area contributed by atoms with Gasteiger partial charge in [0.25, 0.3) is 0 Å². The number of cyclic esters (lactones) is 2. The van der Waals surface area contributed by atoms with Crippen molar-refractivity contribution >= 4 is 17.9 Å². The maximum absolute atomic E-state index is 13.2. The van der Waals surface area contributed by atoms with Crippen LogP contribution >= 0.6 is 0 Å². The van der Waals surface area contributed by atoms with Crippen LogP contribution in [0, 0.1) is 23.7 Å². The second kappa shape index (κ2) is 17.9. The van der Waals surface area contributed by atoms with Gasteiger partial charge in [0.2, 0.25) is 0 Å². The van der Waals surface area contributed by atoms with Crippen molar-refractivity contribution in [3.8, 4) is 0 Å². The Balaban J connectivity index is 1.53. The predicted molar refractivity (Wildman–Crippen MR) is 181 cm³/mol. The van der Waals surface area contributed by atoms with Crippen molar-refractivity contribution in [3.63, 3.8) is 0 Å². The second-order valence-corrected chi connectivity index (χ2v) is 14.4. The van der Waals surface area contributed by atoms with Gasteiger partial charge in [-0.25, -0.2) is 9.59 Å². The Kier molecular flexibility index (Phi) is 14.4. The molecule has 0 radical (unpaired) electrons. The van der Waals surface area contributed by atoms with Gasteiger partial charge in [-0.1, -0.05) is 45.1 Å². The molecule has 0 amide bonds. The molecule has 0 aliphatic carbocycles. The van der Waals surface area contributed by atoms with Crippen molar-refractivity contribution in [1.29, 1.82) is 0 Å². The summed E-state index contributed by atoms with van der Waals surface area (Å²) in [7, 11) is 2.96. The van der Waals surface area contributed by atoms with Crippen LogP contribution < -0.4 is 0 Å². The van der Waals surface area contributed by atoms with Gasteiger partial charge in [0.1, 0.15) is 36.6 Å². The zero-order chi connectivity index (χ0) is 37.6. The van der Waals surface area contributed by atoms with Crippen LogP contribution in [0.5, 0.6) is 0 Å². The summed E-state index contributed by atoms with van der Waals surface area (Å²) in [6.45, 7) is 12.6. The fourth-order valence-corrected chi connectivity index (χ4v) is 7.38. The van der Waals surface area contributed by atoms with Crippen LogP contribution in [0.25, 0.3) is 0 Å². The molecule has 288 valence electrons. The maximum Gasteiger partial charge on any atom is 0.509 e. The number of hydrogen-bond donors (Lipinski definition) is 2. The summed E-state index contributed by atoms with van der Waals surface area (Å²) < 4.78 is 52.1. The topological polar surface area (TPSA) is 175 Å². The molecule has 2 N–H and O–H groups in total. The van der Waals surface area contributed by atoms with Gasteiger partial charge >= 0.3 is 12.1 Å². The lowest BCUT2D eigenvalue weighted by atomic mass is 9.82. The van der Waals surface area contributed by atoms with Crippen LogP contribution in [0.1, 0.15) is 61.3 Å². The van der Waals surface area contributed by atoms with Crippen LogP contribution in [0.3, 0.4) is 0 Å². The van der Waals surface area contributed by atoms with E-state index in [9.17, 15) is 24.6 Å². The molecule has 0 aromatic heterocycles. The summed E-state index contributed by atoms with van der Waals surface area (Å²) in [4.78, 5) is 38.4. The van der Waals surface area contributed by atoms with Crippen molar-refractivity contribution < 1.29 is 67.2 Å². The number of rotatable bonds is 7. The van der Waals surface area contributed by atoms with E-state index in [-0.39, 0.29) is 30.6 Å². The Hall–Kier alpha value is -2.69. The number of allylic oxidation sites excluding steroid dienone is 3. The molecule has 4 heterocycles. The Labute approximate surface area is 300 Å². The Morgan fingerprint density at radius 2 is 1.53 bits per heavy atom. The Morgan fingerprint density at radius 3 is 2.18 bits per heavy atom. The minimum atomic E-state index is -1.36. The molecule has 0 saturated carbocycles. The SMILES string of the molecule is CO[C@@H]1[C@H](O)[C@@H](C)O[C@@H](OCC2/C=C/C=C\C(=O)C(C)CC(C)C(O[C@@H]3O[C@H](C)C[C@@]4(OC(=O)O[C@H]4C)[C@H]3O)C(C)/C=C/C(=O)OC2C)[C@@H]1OC. The number of carbonyl (C=O) groups is 3. The molecule has 4 rings (SSSR count). The van der Waals surface area contributed by atoms with E-state index in [4.69, 9.17) is 42.6 Å². The monoisotopic (exact) mass is 724 g/mol. The average molecular weight is 725 g/mol. The minimum Gasteiger partial charge on any atom is -0.459 e. The van der Waals surface area contributed by atoms with Crippen LogP contribution in [-0.4, -0.2) is 122 Å². The number of aliphatic hydroxyl groups is 2. The summed E-state index contributed by atoms with van der Waals surface area (Å²) in [5.74, 6) is -2.15. The van der Waals surface area contributed by atoms with Crippen LogP contribution in [0.15, 0.2) is 36.5 Å². The summed E-state index contributed by atoms with van der Waals surface area (Å²) in [5, 5.41) is 22.0. The summed E-state index contributed by atoms with van der Waals surface area (Å²) in [6, 6.07) is 0. The molecule has 14 nitrogen and oxygen atoms in total. The third kappa shape index (κ3) is 9.65. The molecule has 3 fully saturated rings. The van der Waals surface area contributed by atoms with E-state index in [0.717, 1.165) is 0 Å². The van der Waals surface area contributed by atoms with E-state index in [1.54, 1.807) is 52.0 Å². The van der Waals surface area contributed by atoms with Crippen molar-refractivity contribution in [2.75, 3.05) is 20.8 Å². The standard InChI is InChI=1S/C37H56O14/c1-19-14-15-28(39)47-23(5)26(18-45-34-32(44-9)31(43-8)29(40)24(6)48-34)12-10-11-13-27(38)20(2)16-21(3)30(19)50-35-33(41)37(17-22(4)46-35)25(7)49-36(42)51-37/h10-15,19-26,29-35,40-41H,16-18H2,1-9H3/b12-10+,13-11-,15-14+/t19?,20?,21?,22-,23?,24-,25+,26?,29-,30?,31-,32-,33+,34-,35+,37+/m1/s1. The largest absolute Gasteiger partial charge is 0.509 e. The summed E-state index contributed by atoms with van der Waals surface area (Å²) in [6.07, 6.45) is 0.681. The molecule has 0 aromatic rings. The summed E-state index contributed by atoms with van der Waals surface area (Å²) >= 11 is 0. The second-order valence-electron chi connectivity index (χ2n) is 14.4. The highest BCUT2D eigenvalue weighted by molar-refractivity contribution is 5.91. The lowest BCUT2D eigenvalue weighted by molar-refractivity contribution is -0.308. The van der Waals surface area contributed by atoms with E-state index in [2.05, 4.69) is 0 Å². The number of hydrogen-bond acceptors (Lipinski definition) is 14. The first-order chi connectivity index (χ1) is 24.1. The van der Waals surface area contributed by atoms with Gasteiger partial charge in [0, 0.05) is 44.5 Å². The third-order valence-corrected chi connectivity index (χ3v) is 10.5.